The lowest BCUT2D eigenvalue weighted by Crippen LogP contribution is -2.46. The van der Waals surface area contributed by atoms with Gasteiger partial charge in [-0.05, 0) is 54.6 Å². The van der Waals surface area contributed by atoms with E-state index in [0.717, 1.165) is 78.2 Å². The van der Waals surface area contributed by atoms with Crippen molar-refractivity contribution in [3.63, 3.8) is 0 Å². The van der Waals surface area contributed by atoms with Crippen molar-refractivity contribution in [3.05, 3.63) is 138 Å². The summed E-state index contributed by atoms with van der Waals surface area (Å²) in [7, 11) is 0. The normalized spacial score (nSPS) is 16.8. The van der Waals surface area contributed by atoms with Gasteiger partial charge in [0.25, 0.3) is 5.91 Å². The average molecular weight is 617 g/mol. The number of piperidine rings is 1. The van der Waals surface area contributed by atoms with Crippen LogP contribution in [0.1, 0.15) is 52.2 Å². The van der Waals surface area contributed by atoms with Gasteiger partial charge in [0, 0.05) is 64.8 Å². The smallest absolute Gasteiger partial charge is 0.255 e. The Morgan fingerprint density at radius 1 is 0.674 bits per heavy atom. The molecule has 4 aromatic rings. The zero-order chi connectivity index (χ0) is 31.4. The van der Waals surface area contributed by atoms with Gasteiger partial charge >= 0.3 is 0 Å². The molecule has 2 aliphatic heterocycles. The second kappa shape index (κ2) is 16.5. The number of rotatable bonds is 13. The first-order valence-corrected chi connectivity index (χ1v) is 17.1. The monoisotopic (exact) mass is 616 g/mol. The van der Waals surface area contributed by atoms with Crippen molar-refractivity contribution >= 4 is 5.91 Å². The Labute approximate surface area is 275 Å². The number of piperazine rings is 1. The molecule has 2 saturated heterocycles. The molecule has 0 radical (unpaired) electrons. The quantitative estimate of drug-likeness (QED) is 0.179. The number of para-hydroxylation sites is 1. The molecule has 0 atom stereocenters. The Hall–Kier alpha value is -3.97. The van der Waals surface area contributed by atoms with E-state index in [4.69, 9.17) is 4.74 Å². The highest BCUT2D eigenvalue weighted by atomic mass is 16.5. The largest absolute Gasteiger partial charge is 0.489 e. The molecule has 2 heterocycles. The van der Waals surface area contributed by atoms with Crippen LogP contribution in [0, 0.1) is 0 Å². The molecule has 46 heavy (non-hydrogen) atoms. The molecule has 2 fully saturated rings. The number of carbonyl (C=O) groups is 1. The highest BCUT2D eigenvalue weighted by molar-refractivity contribution is 5.96. The third-order valence-corrected chi connectivity index (χ3v) is 9.46. The topological polar surface area (TPSA) is 48.1 Å². The predicted molar refractivity (Wildman–Crippen MR) is 186 cm³/mol. The van der Waals surface area contributed by atoms with Gasteiger partial charge in [0.05, 0.1) is 5.56 Å². The maximum Gasteiger partial charge on any atom is 0.255 e. The van der Waals surface area contributed by atoms with Gasteiger partial charge in [-0.1, -0.05) is 103 Å². The minimum Gasteiger partial charge on any atom is -0.489 e. The lowest BCUT2D eigenvalue weighted by Gasteiger charge is -2.35. The van der Waals surface area contributed by atoms with E-state index in [0.29, 0.717) is 23.8 Å². The maximum atomic E-state index is 13.2. The van der Waals surface area contributed by atoms with Crippen LogP contribution < -0.4 is 10.1 Å². The van der Waals surface area contributed by atoms with Crippen molar-refractivity contribution in [1.82, 2.24) is 20.0 Å². The molecule has 4 aromatic carbocycles. The first kappa shape index (κ1) is 32.0. The van der Waals surface area contributed by atoms with Crippen LogP contribution in [0.4, 0.5) is 0 Å². The van der Waals surface area contributed by atoms with Crippen molar-refractivity contribution in [2.75, 3.05) is 58.9 Å². The van der Waals surface area contributed by atoms with Crippen molar-refractivity contribution in [2.45, 2.75) is 37.8 Å². The fourth-order valence-electron chi connectivity index (χ4n) is 6.79. The second-order valence-electron chi connectivity index (χ2n) is 12.7. The van der Waals surface area contributed by atoms with Gasteiger partial charge in [0.2, 0.25) is 0 Å². The molecular formula is C40H48N4O2. The van der Waals surface area contributed by atoms with Crippen LogP contribution in [-0.2, 0) is 6.54 Å². The van der Waals surface area contributed by atoms with Gasteiger partial charge in [-0.2, -0.15) is 0 Å². The minimum absolute atomic E-state index is 0.0470. The van der Waals surface area contributed by atoms with Crippen molar-refractivity contribution in [2.24, 2.45) is 0 Å². The molecule has 0 saturated carbocycles. The molecule has 2 aliphatic rings. The molecule has 0 aromatic heterocycles. The molecular weight excluding hydrogens is 568 g/mol. The summed E-state index contributed by atoms with van der Waals surface area (Å²) in [4.78, 5) is 20.8. The van der Waals surface area contributed by atoms with Crippen molar-refractivity contribution in [1.29, 1.82) is 0 Å². The second-order valence-corrected chi connectivity index (χ2v) is 12.7. The van der Waals surface area contributed by atoms with E-state index in [-0.39, 0.29) is 12.0 Å². The Morgan fingerprint density at radius 2 is 1.24 bits per heavy atom. The third-order valence-electron chi connectivity index (χ3n) is 9.46. The van der Waals surface area contributed by atoms with Gasteiger partial charge in [-0.3, -0.25) is 9.69 Å². The fraction of sp³-hybridized carbons (Fsp3) is 0.375. The number of nitrogens with one attached hydrogen (secondary N) is 1. The van der Waals surface area contributed by atoms with Crippen LogP contribution in [0.3, 0.4) is 0 Å². The third kappa shape index (κ3) is 9.06. The molecule has 0 spiro atoms. The molecule has 1 amide bonds. The number of hydrogen-bond acceptors (Lipinski definition) is 5. The highest BCUT2D eigenvalue weighted by Gasteiger charge is 2.25. The van der Waals surface area contributed by atoms with Crippen LogP contribution in [0.25, 0.3) is 0 Å². The Morgan fingerprint density at radius 3 is 1.89 bits per heavy atom. The summed E-state index contributed by atoms with van der Waals surface area (Å²) in [5, 5.41) is 3.15. The van der Waals surface area contributed by atoms with Crippen LogP contribution in [-0.4, -0.2) is 85.6 Å². The molecule has 1 N–H and O–H groups in total. The molecule has 0 aliphatic carbocycles. The number of hydrogen-bond donors (Lipinski definition) is 1. The molecule has 0 bridgehead atoms. The van der Waals surface area contributed by atoms with Crippen LogP contribution in [0.15, 0.2) is 115 Å². The summed E-state index contributed by atoms with van der Waals surface area (Å²) in [5.74, 6) is 0.988. The summed E-state index contributed by atoms with van der Waals surface area (Å²) < 4.78 is 6.48. The highest BCUT2D eigenvalue weighted by Crippen LogP contribution is 2.28. The number of carbonyl (C=O) groups excluding carboxylic acids is 1. The molecule has 0 unspecified atom stereocenters. The van der Waals surface area contributed by atoms with E-state index >= 15 is 0 Å². The Kier molecular flexibility index (Phi) is 11.5. The average Bonchev–Trinajstić information content (AvgIpc) is 3.12. The van der Waals surface area contributed by atoms with E-state index in [1.54, 1.807) is 0 Å². The van der Waals surface area contributed by atoms with E-state index < -0.39 is 0 Å². The van der Waals surface area contributed by atoms with Crippen LogP contribution in [0.5, 0.6) is 5.75 Å². The number of ether oxygens (including phenoxy) is 1. The lowest BCUT2D eigenvalue weighted by molar-refractivity contribution is 0.0896. The van der Waals surface area contributed by atoms with Crippen LogP contribution in [0.2, 0.25) is 0 Å². The summed E-state index contributed by atoms with van der Waals surface area (Å²) in [5.41, 5.74) is 4.72. The van der Waals surface area contributed by atoms with E-state index in [2.05, 4.69) is 111 Å². The van der Waals surface area contributed by atoms with Gasteiger partial charge in [0.1, 0.15) is 11.9 Å². The standard InChI is InChI=1S/C40H48N4O2/c45-40(41-23-12-24-42-27-29-44(30-28-42)31-33-13-4-1-5-14-33)37-19-10-11-20-39(37)46-36-21-25-43(26-22-36)32-38(34-15-6-2-7-16-34)35-17-8-3-9-18-35/h1-11,13-20,36,38H,12,21-32H2,(H,41,45). The van der Waals surface area contributed by atoms with Gasteiger partial charge in [-0.15, -0.1) is 0 Å². The minimum atomic E-state index is -0.0470. The van der Waals surface area contributed by atoms with Crippen LogP contribution >= 0.6 is 0 Å². The SMILES string of the molecule is O=C(NCCCN1CCN(Cc2ccccc2)CC1)c1ccccc1OC1CCN(CC(c2ccccc2)c2ccccc2)CC1. The Balaban J connectivity index is 0.931. The maximum absolute atomic E-state index is 13.2. The summed E-state index contributed by atoms with van der Waals surface area (Å²) >= 11 is 0. The molecule has 6 heteroatoms. The zero-order valence-electron chi connectivity index (χ0n) is 27.0. The number of nitrogens with zero attached hydrogens (tertiary/aromatic N) is 3. The van der Waals surface area contributed by atoms with Gasteiger partial charge in [-0.25, -0.2) is 0 Å². The fourth-order valence-corrected chi connectivity index (χ4v) is 6.79. The zero-order valence-corrected chi connectivity index (χ0v) is 27.0. The van der Waals surface area contributed by atoms with E-state index in [1.165, 1.54) is 16.7 Å². The first-order valence-electron chi connectivity index (χ1n) is 17.1. The summed E-state index contributed by atoms with van der Waals surface area (Å²) in [6.45, 7) is 9.98. The lowest BCUT2D eigenvalue weighted by atomic mass is 9.90. The van der Waals surface area contributed by atoms with E-state index in [1.807, 2.05) is 24.3 Å². The van der Waals surface area contributed by atoms with Crippen molar-refractivity contribution < 1.29 is 9.53 Å². The first-order chi connectivity index (χ1) is 22.7. The molecule has 6 nitrogen and oxygen atoms in total. The van der Waals surface area contributed by atoms with Gasteiger partial charge in [0.15, 0.2) is 0 Å². The Bertz CT molecular complexity index is 1430. The van der Waals surface area contributed by atoms with Gasteiger partial charge < -0.3 is 19.9 Å². The number of benzene rings is 4. The van der Waals surface area contributed by atoms with Crippen molar-refractivity contribution in [3.8, 4) is 5.75 Å². The predicted octanol–water partition coefficient (Wildman–Crippen LogP) is 6.30. The number of amides is 1. The number of likely N-dealkylation sites (tertiary alicyclic amines) is 1. The summed E-state index contributed by atoms with van der Waals surface area (Å²) in [6.07, 6.45) is 2.95. The molecule has 240 valence electrons. The van der Waals surface area contributed by atoms with E-state index in [9.17, 15) is 4.79 Å². The molecule has 6 rings (SSSR count). The summed E-state index contributed by atoms with van der Waals surface area (Å²) in [6, 6.07) is 40.1.